The van der Waals surface area contributed by atoms with Gasteiger partial charge in [0.1, 0.15) is 0 Å². The third-order valence-corrected chi connectivity index (χ3v) is 3.18. The molecule has 0 bridgehead atoms. The van der Waals surface area contributed by atoms with Gasteiger partial charge in [0.2, 0.25) is 5.91 Å². The summed E-state index contributed by atoms with van der Waals surface area (Å²) in [4.78, 5) is 12.0. The number of amides is 1. The van der Waals surface area contributed by atoms with Gasteiger partial charge in [-0.3, -0.25) is 4.79 Å². The predicted molar refractivity (Wildman–Crippen MR) is 76.8 cm³/mol. The van der Waals surface area contributed by atoms with E-state index in [0.29, 0.717) is 6.04 Å². The number of benzene rings is 1. The van der Waals surface area contributed by atoms with Gasteiger partial charge in [-0.15, -0.1) is 0 Å². The summed E-state index contributed by atoms with van der Waals surface area (Å²) in [6, 6.07) is 8.08. The summed E-state index contributed by atoms with van der Waals surface area (Å²) >= 11 is 0. The van der Waals surface area contributed by atoms with Gasteiger partial charge in [0.25, 0.3) is 0 Å². The fraction of sp³-hybridized carbons (Fsp3) is 0.533. The van der Waals surface area contributed by atoms with E-state index in [1.54, 1.807) is 0 Å². The lowest BCUT2D eigenvalue weighted by Crippen LogP contribution is -2.43. The Balaban J connectivity index is 2.51. The van der Waals surface area contributed by atoms with Crippen LogP contribution < -0.4 is 10.6 Å². The molecule has 1 aromatic rings. The lowest BCUT2D eigenvalue weighted by molar-refractivity contribution is -0.118. The Morgan fingerprint density at radius 3 is 2.22 bits per heavy atom. The third kappa shape index (κ3) is 4.49. The molecule has 0 fully saturated rings. The zero-order chi connectivity index (χ0) is 13.5. The van der Waals surface area contributed by atoms with Crippen LogP contribution in [0.4, 0.5) is 5.69 Å². The molecule has 3 nitrogen and oxygen atoms in total. The molecule has 3 heteroatoms. The molecule has 18 heavy (non-hydrogen) atoms. The zero-order valence-corrected chi connectivity index (χ0v) is 11.8. The number of hydrogen-bond acceptors (Lipinski definition) is 2. The second-order valence-electron chi connectivity index (χ2n) is 4.76. The molecule has 1 rings (SSSR count). The Morgan fingerprint density at radius 2 is 1.72 bits per heavy atom. The van der Waals surface area contributed by atoms with Crippen LogP contribution in [0.25, 0.3) is 0 Å². The first kappa shape index (κ1) is 14.7. The van der Waals surface area contributed by atoms with Crippen molar-refractivity contribution in [1.82, 2.24) is 5.32 Å². The lowest BCUT2D eigenvalue weighted by atomic mass is 10.1. The highest BCUT2D eigenvalue weighted by atomic mass is 16.2. The molecule has 1 atom stereocenters. The minimum Gasteiger partial charge on any atom is -0.325 e. The minimum absolute atomic E-state index is 0.0192. The Hall–Kier alpha value is -1.35. The molecule has 100 valence electrons. The molecular formula is C15H24N2O. The number of nitrogens with one attached hydrogen (secondary N) is 2. The van der Waals surface area contributed by atoms with E-state index in [9.17, 15) is 4.79 Å². The minimum atomic E-state index is -0.170. The normalized spacial score (nSPS) is 12.5. The van der Waals surface area contributed by atoms with Gasteiger partial charge < -0.3 is 10.6 Å². The molecule has 0 saturated carbocycles. The zero-order valence-electron chi connectivity index (χ0n) is 11.8. The van der Waals surface area contributed by atoms with Gasteiger partial charge in [-0.05, 0) is 38.8 Å². The molecule has 1 aromatic carbocycles. The van der Waals surface area contributed by atoms with Crippen LogP contribution in [-0.2, 0) is 4.79 Å². The van der Waals surface area contributed by atoms with Gasteiger partial charge >= 0.3 is 0 Å². The maximum Gasteiger partial charge on any atom is 0.241 e. The van der Waals surface area contributed by atoms with Crippen molar-refractivity contribution in [2.75, 3.05) is 5.32 Å². The Bertz CT molecular complexity index is 369. The fourth-order valence-electron chi connectivity index (χ4n) is 1.84. The molecule has 1 amide bonds. The highest BCUT2D eigenvalue weighted by Crippen LogP contribution is 2.09. The number of aryl methyl sites for hydroxylation is 1. The summed E-state index contributed by atoms with van der Waals surface area (Å²) in [6.45, 7) is 8.20. The summed E-state index contributed by atoms with van der Waals surface area (Å²) in [6.07, 6.45) is 2.08. The van der Waals surface area contributed by atoms with Gasteiger partial charge in [0.05, 0.1) is 6.04 Å². The van der Waals surface area contributed by atoms with E-state index in [-0.39, 0.29) is 11.9 Å². The Labute approximate surface area is 110 Å². The maximum atomic E-state index is 12.0. The average Bonchev–Trinajstić information content (AvgIpc) is 2.38. The molecule has 0 unspecified atom stereocenters. The molecule has 0 aliphatic heterocycles. The van der Waals surface area contributed by atoms with Crippen LogP contribution in [0.3, 0.4) is 0 Å². The highest BCUT2D eigenvalue weighted by Gasteiger charge is 2.15. The molecule has 2 N–H and O–H groups in total. The van der Waals surface area contributed by atoms with Gasteiger partial charge in [0.15, 0.2) is 0 Å². The first-order valence-corrected chi connectivity index (χ1v) is 6.70. The maximum absolute atomic E-state index is 12.0. The summed E-state index contributed by atoms with van der Waals surface area (Å²) in [5.41, 5.74) is 2.04. The smallest absolute Gasteiger partial charge is 0.241 e. The van der Waals surface area contributed by atoms with E-state index in [4.69, 9.17) is 0 Å². The standard InChI is InChI=1S/C15H24N2O/c1-5-13(6-2)16-12(4)15(18)17-14-9-7-11(3)8-10-14/h7-10,12-13,16H,5-6H2,1-4H3,(H,17,18)/t12-/m1/s1. The predicted octanol–water partition coefficient (Wildman–Crippen LogP) is 3.10. The summed E-state index contributed by atoms with van der Waals surface area (Å²) in [5, 5.41) is 6.26. The van der Waals surface area contributed by atoms with Crippen molar-refractivity contribution in [2.24, 2.45) is 0 Å². The fourth-order valence-corrected chi connectivity index (χ4v) is 1.84. The molecule has 0 aliphatic rings. The van der Waals surface area contributed by atoms with E-state index in [0.717, 1.165) is 18.5 Å². The largest absolute Gasteiger partial charge is 0.325 e. The van der Waals surface area contributed by atoms with Crippen molar-refractivity contribution in [3.8, 4) is 0 Å². The number of carbonyl (C=O) groups is 1. The van der Waals surface area contributed by atoms with E-state index >= 15 is 0 Å². The van der Waals surface area contributed by atoms with E-state index in [1.807, 2.05) is 38.1 Å². The van der Waals surface area contributed by atoms with E-state index < -0.39 is 0 Å². The van der Waals surface area contributed by atoms with Crippen molar-refractivity contribution in [1.29, 1.82) is 0 Å². The molecular weight excluding hydrogens is 224 g/mol. The molecule has 0 radical (unpaired) electrons. The summed E-state index contributed by atoms with van der Waals surface area (Å²) in [7, 11) is 0. The van der Waals surface area contributed by atoms with Crippen molar-refractivity contribution in [3.05, 3.63) is 29.8 Å². The van der Waals surface area contributed by atoms with Crippen LogP contribution in [0.1, 0.15) is 39.2 Å². The van der Waals surface area contributed by atoms with Gasteiger partial charge in [-0.25, -0.2) is 0 Å². The Morgan fingerprint density at radius 1 is 1.17 bits per heavy atom. The molecule has 0 saturated heterocycles. The molecule has 0 heterocycles. The van der Waals surface area contributed by atoms with Crippen LogP contribution in [0.2, 0.25) is 0 Å². The number of rotatable bonds is 6. The molecule has 0 aliphatic carbocycles. The number of hydrogen-bond donors (Lipinski definition) is 2. The van der Waals surface area contributed by atoms with Crippen LogP contribution in [0, 0.1) is 6.92 Å². The summed E-state index contributed by atoms with van der Waals surface area (Å²) in [5.74, 6) is 0.0192. The van der Waals surface area contributed by atoms with Gasteiger partial charge in [0, 0.05) is 11.7 Å². The van der Waals surface area contributed by atoms with Crippen molar-refractivity contribution in [3.63, 3.8) is 0 Å². The van der Waals surface area contributed by atoms with Crippen molar-refractivity contribution < 1.29 is 4.79 Å². The Kier molecular flexibility index (Phi) is 5.86. The quantitative estimate of drug-likeness (QED) is 0.812. The SMILES string of the molecule is CCC(CC)N[C@H](C)C(=O)Nc1ccc(C)cc1. The second kappa shape index (κ2) is 7.17. The summed E-state index contributed by atoms with van der Waals surface area (Å²) < 4.78 is 0. The van der Waals surface area contributed by atoms with Crippen LogP contribution in [-0.4, -0.2) is 18.0 Å². The third-order valence-electron chi connectivity index (χ3n) is 3.18. The molecule has 0 aromatic heterocycles. The van der Waals surface area contributed by atoms with Crippen molar-refractivity contribution >= 4 is 11.6 Å². The van der Waals surface area contributed by atoms with Crippen LogP contribution >= 0.6 is 0 Å². The first-order valence-electron chi connectivity index (χ1n) is 6.70. The highest BCUT2D eigenvalue weighted by molar-refractivity contribution is 5.94. The van der Waals surface area contributed by atoms with E-state index in [2.05, 4.69) is 24.5 Å². The molecule has 0 spiro atoms. The average molecular weight is 248 g/mol. The number of carbonyl (C=O) groups excluding carboxylic acids is 1. The second-order valence-corrected chi connectivity index (χ2v) is 4.76. The van der Waals surface area contributed by atoms with Crippen molar-refractivity contribution in [2.45, 2.75) is 52.6 Å². The monoisotopic (exact) mass is 248 g/mol. The lowest BCUT2D eigenvalue weighted by Gasteiger charge is -2.20. The van der Waals surface area contributed by atoms with Gasteiger partial charge in [-0.2, -0.15) is 0 Å². The number of anilines is 1. The first-order chi connectivity index (χ1) is 8.56. The van der Waals surface area contributed by atoms with E-state index in [1.165, 1.54) is 5.56 Å². The van der Waals surface area contributed by atoms with Crippen LogP contribution in [0.15, 0.2) is 24.3 Å². The topological polar surface area (TPSA) is 41.1 Å². The van der Waals surface area contributed by atoms with Crippen LogP contribution in [0.5, 0.6) is 0 Å². The van der Waals surface area contributed by atoms with Gasteiger partial charge in [-0.1, -0.05) is 31.5 Å².